The van der Waals surface area contributed by atoms with Crippen LogP contribution in [0, 0.1) is 5.41 Å². The van der Waals surface area contributed by atoms with E-state index in [1.54, 1.807) is 0 Å². The van der Waals surface area contributed by atoms with E-state index in [-0.39, 0.29) is 11.8 Å². The minimum absolute atomic E-state index is 0.0114. The summed E-state index contributed by atoms with van der Waals surface area (Å²) in [6, 6.07) is 0.595. The zero-order valence-corrected chi connectivity index (χ0v) is 13.0. The first-order valence-electron chi connectivity index (χ1n) is 8.83. The van der Waals surface area contributed by atoms with Gasteiger partial charge in [-0.05, 0) is 38.5 Å². The molecule has 0 spiro atoms. The van der Waals surface area contributed by atoms with E-state index in [4.69, 9.17) is 0 Å². The third-order valence-electron chi connectivity index (χ3n) is 5.50. The first-order chi connectivity index (χ1) is 10.2. The van der Waals surface area contributed by atoms with Gasteiger partial charge in [0.25, 0.3) is 0 Å². The minimum Gasteiger partial charge on any atom is -0.352 e. The van der Waals surface area contributed by atoms with Crippen molar-refractivity contribution in [3.63, 3.8) is 0 Å². The van der Waals surface area contributed by atoms with Crippen molar-refractivity contribution in [2.24, 2.45) is 5.41 Å². The van der Waals surface area contributed by atoms with Gasteiger partial charge in [0.2, 0.25) is 11.8 Å². The fourth-order valence-electron chi connectivity index (χ4n) is 3.82. The number of carbonyl (C=O) groups is 2. The maximum absolute atomic E-state index is 12.5. The van der Waals surface area contributed by atoms with Gasteiger partial charge in [-0.3, -0.25) is 9.59 Å². The number of hydrogen-bond acceptors (Lipinski definition) is 2. The lowest BCUT2D eigenvalue weighted by Crippen LogP contribution is -2.49. The van der Waals surface area contributed by atoms with E-state index in [2.05, 4.69) is 10.6 Å². The Hall–Kier alpha value is -1.06. The van der Waals surface area contributed by atoms with Crippen LogP contribution in [-0.2, 0) is 9.59 Å². The summed E-state index contributed by atoms with van der Waals surface area (Å²) in [6.45, 7) is 0. The summed E-state index contributed by atoms with van der Waals surface area (Å²) in [4.78, 5) is 25.0. The van der Waals surface area contributed by atoms with Gasteiger partial charge in [-0.2, -0.15) is 0 Å². The summed E-state index contributed by atoms with van der Waals surface area (Å²) in [7, 11) is 0. The van der Waals surface area contributed by atoms with Crippen molar-refractivity contribution in [3.8, 4) is 0 Å². The molecule has 0 saturated heterocycles. The van der Waals surface area contributed by atoms with E-state index in [9.17, 15) is 9.59 Å². The van der Waals surface area contributed by atoms with E-state index in [1.165, 1.54) is 38.5 Å². The van der Waals surface area contributed by atoms with Gasteiger partial charge < -0.3 is 10.6 Å². The summed E-state index contributed by atoms with van der Waals surface area (Å²) < 4.78 is 0. The number of rotatable bonds is 4. The van der Waals surface area contributed by atoms with Crippen LogP contribution in [0.25, 0.3) is 0 Å². The zero-order chi connectivity index (χ0) is 14.7. The molecule has 0 aromatic heterocycles. The van der Waals surface area contributed by atoms with Crippen LogP contribution in [-0.4, -0.2) is 23.9 Å². The molecule has 0 aromatic carbocycles. The summed E-state index contributed by atoms with van der Waals surface area (Å²) >= 11 is 0. The summed E-state index contributed by atoms with van der Waals surface area (Å²) in [5.41, 5.74) is -0.727. The van der Waals surface area contributed by atoms with Crippen LogP contribution in [0.1, 0.15) is 77.0 Å². The van der Waals surface area contributed by atoms with Crippen LogP contribution >= 0.6 is 0 Å². The van der Waals surface area contributed by atoms with Crippen LogP contribution in [0.5, 0.6) is 0 Å². The molecule has 3 saturated carbocycles. The van der Waals surface area contributed by atoms with Crippen LogP contribution in [0.4, 0.5) is 0 Å². The smallest absolute Gasteiger partial charge is 0.235 e. The maximum Gasteiger partial charge on any atom is 0.235 e. The molecule has 0 atom stereocenters. The second-order valence-electron chi connectivity index (χ2n) is 7.20. The average molecular weight is 292 g/mol. The summed E-state index contributed by atoms with van der Waals surface area (Å²) in [5, 5.41) is 6.28. The third kappa shape index (κ3) is 3.41. The third-order valence-corrected chi connectivity index (χ3v) is 5.50. The van der Waals surface area contributed by atoms with Crippen LogP contribution in [0.2, 0.25) is 0 Å². The van der Waals surface area contributed by atoms with E-state index in [1.807, 2.05) is 0 Å². The highest BCUT2D eigenvalue weighted by atomic mass is 16.2. The highest BCUT2D eigenvalue weighted by molar-refractivity contribution is 6.08. The molecule has 0 aromatic rings. The molecule has 3 fully saturated rings. The van der Waals surface area contributed by atoms with Crippen molar-refractivity contribution in [2.45, 2.75) is 89.1 Å². The minimum atomic E-state index is -0.727. The molecule has 21 heavy (non-hydrogen) atoms. The summed E-state index contributed by atoms with van der Waals surface area (Å²) in [5.74, 6) is -0.0228. The van der Waals surface area contributed by atoms with Gasteiger partial charge in [0.15, 0.2) is 0 Å². The van der Waals surface area contributed by atoms with E-state index in [0.717, 1.165) is 38.5 Å². The van der Waals surface area contributed by atoms with Crippen LogP contribution in [0.15, 0.2) is 0 Å². The topological polar surface area (TPSA) is 58.2 Å². The first kappa shape index (κ1) is 14.9. The van der Waals surface area contributed by atoms with Gasteiger partial charge >= 0.3 is 0 Å². The largest absolute Gasteiger partial charge is 0.352 e. The Bertz CT molecular complexity index is 358. The van der Waals surface area contributed by atoms with Crippen LogP contribution in [0.3, 0.4) is 0 Å². The van der Waals surface area contributed by atoms with Crippen molar-refractivity contribution >= 4 is 11.8 Å². The first-order valence-corrected chi connectivity index (χ1v) is 8.83. The van der Waals surface area contributed by atoms with Crippen molar-refractivity contribution in [1.82, 2.24) is 10.6 Å². The standard InChI is InChI=1S/C17H28N2O2/c20-15(18-13-7-3-1-4-8-13)17(11-12-17)16(21)19-14-9-5-2-6-10-14/h13-14H,1-12H2,(H,18,20)(H,19,21). The van der Waals surface area contributed by atoms with Gasteiger partial charge in [-0.15, -0.1) is 0 Å². The Morgan fingerprint density at radius 1 is 0.667 bits per heavy atom. The number of hydrogen-bond donors (Lipinski definition) is 2. The molecule has 0 unspecified atom stereocenters. The predicted molar refractivity (Wildman–Crippen MR) is 81.7 cm³/mol. The van der Waals surface area contributed by atoms with Crippen molar-refractivity contribution in [2.75, 3.05) is 0 Å². The molecule has 118 valence electrons. The van der Waals surface area contributed by atoms with Gasteiger partial charge in [-0.1, -0.05) is 38.5 Å². The molecule has 2 amide bonds. The Kier molecular flexibility index (Phi) is 4.51. The van der Waals surface area contributed by atoms with Crippen molar-refractivity contribution in [1.29, 1.82) is 0 Å². The SMILES string of the molecule is O=C(NC1CCCCC1)C1(C(=O)NC2CCCCC2)CC1. The fourth-order valence-corrected chi connectivity index (χ4v) is 3.82. The molecule has 0 heterocycles. The highest BCUT2D eigenvalue weighted by Gasteiger charge is 2.57. The van der Waals surface area contributed by atoms with Gasteiger partial charge in [0.1, 0.15) is 5.41 Å². The predicted octanol–water partition coefficient (Wildman–Crippen LogP) is 2.66. The Labute approximate surface area is 127 Å². The number of amides is 2. The molecule has 4 nitrogen and oxygen atoms in total. The Morgan fingerprint density at radius 2 is 1.05 bits per heavy atom. The maximum atomic E-state index is 12.5. The molecule has 3 rings (SSSR count). The lowest BCUT2D eigenvalue weighted by atomic mass is 9.93. The second kappa shape index (κ2) is 6.37. The van der Waals surface area contributed by atoms with Gasteiger partial charge in [-0.25, -0.2) is 0 Å². The zero-order valence-electron chi connectivity index (χ0n) is 13.0. The van der Waals surface area contributed by atoms with Gasteiger partial charge in [0, 0.05) is 12.1 Å². The number of carbonyl (C=O) groups excluding carboxylic acids is 2. The van der Waals surface area contributed by atoms with Gasteiger partial charge in [0.05, 0.1) is 0 Å². The average Bonchev–Trinajstić information content (AvgIpc) is 3.31. The van der Waals surface area contributed by atoms with E-state index >= 15 is 0 Å². The highest BCUT2D eigenvalue weighted by Crippen LogP contribution is 2.46. The fraction of sp³-hybridized carbons (Fsp3) is 0.882. The lowest BCUT2D eigenvalue weighted by molar-refractivity contribution is -0.138. The Balaban J connectivity index is 1.52. The van der Waals surface area contributed by atoms with Crippen LogP contribution < -0.4 is 10.6 Å². The molecular weight excluding hydrogens is 264 g/mol. The quantitative estimate of drug-likeness (QED) is 0.783. The van der Waals surface area contributed by atoms with Crippen molar-refractivity contribution in [3.05, 3.63) is 0 Å². The lowest BCUT2D eigenvalue weighted by Gasteiger charge is -2.27. The molecule has 0 bridgehead atoms. The molecule has 4 heteroatoms. The van der Waals surface area contributed by atoms with E-state index < -0.39 is 5.41 Å². The summed E-state index contributed by atoms with van der Waals surface area (Å²) in [6.07, 6.45) is 13.1. The second-order valence-corrected chi connectivity index (χ2v) is 7.20. The van der Waals surface area contributed by atoms with E-state index in [0.29, 0.717) is 12.1 Å². The van der Waals surface area contributed by atoms with Crippen molar-refractivity contribution < 1.29 is 9.59 Å². The molecule has 2 N–H and O–H groups in total. The Morgan fingerprint density at radius 3 is 1.38 bits per heavy atom. The molecule has 0 aliphatic heterocycles. The number of nitrogens with one attached hydrogen (secondary N) is 2. The molecule has 3 aliphatic rings. The molecule has 0 radical (unpaired) electrons. The monoisotopic (exact) mass is 292 g/mol. The normalized spacial score (nSPS) is 26.1. The molecule has 3 aliphatic carbocycles. The molecular formula is C17H28N2O2.